The quantitative estimate of drug-likeness (QED) is 0.818. The van der Waals surface area contributed by atoms with E-state index < -0.39 is 0 Å². The molecule has 1 heterocycles. The molecule has 1 saturated heterocycles. The molecule has 0 saturated carbocycles. The van der Waals surface area contributed by atoms with Crippen molar-refractivity contribution in [3.8, 4) is 5.75 Å². The zero-order chi connectivity index (χ0) is 13.0. The van der Waals surface area contributed by atoms with E-state index in [1.54, 1.807) is 0 Å². The van der Waals surface area contributed by atoms with Gasteiger partial charge in [0.05, 0.1) is 13.0 Å². The normalized spacial score (nSPS) is 14.9. The Bertz CT molecular complexity index is 423. The maximum Gasteiger partial charge on any atom is 0.225 e. The lowest BCUT2D eigenvalue weighted by Gasteiger charge is -2.15. The van der Waals surface area contributed by atoms with Crippen molar-refractivity contribution >= 4 is 5.91 Å². The van der Waals surface area contributed by atoms with Gasteiger partial charge in [-0.3, -0.25) is 4.79 Å². The Kier molecular flexibility index (Phi) is 4.24. The molecule has 3 heteroatoms. The molecule has 0 atom stereocenters. The van der Waals surface area contributed by atoms with E-state index in [2.05, 4.69) is 13.8 Å². The molecule has 1 aromatic rings. The van der Waals surface area contributed by atoms with E-state index >= 15 is 0 Å². The summed E-state index contributed by atoms with van der Waals surface area (Å²) >= 11 is 0. The van der Waals surface area contributed by atoms with Gasteiger partial charge in [-0.2, -0.15) is 0 Å². The van der Waals surface area contributed by atoms with Crippen LogP contribution in [0.3, 0.4) is 0 Å². The van der Waals surface area contributed by atoms with E-state index in [1.165, 1.54) is 11.1 Å². The van der Waals surface area contributed by atoms with Crippen LogP contribution >= 0.6 is 0 Å². The van der Waals surface area contributed by atoms with Crippen LogP contribution in [-0.4, -0.2) is 30.5 Å². The Morgan fingerprint density at radius 3 is 2.61 bits per heavy atom. The van der Waals surface area contributed by atoms with Crippen LogP contribution in [0, 0.1) is 13.8 Å². The second-order valence-electron chi connectivity index (χ2n) is 4.93. The van der Waals surface area contributed by atoms with Crippen molar-refractivity contribution in [2.45, 2.75) is 33.1 Å². The minimum Gasteiger partial charge on any atom is -0.493 e. The third-order valence-electron chi connectivity index (χ3n) is 3.52. The fraction of sp³-hybridized carbons (Fsp3) is 0.533. The van der Waals surface area contributed by atoms with Crippen molar-refractivity contribution in [1.82, 2.24) is 4.90 Å². The molecule has 0 bridgehead atoms. The summed E-state index contributed by atoms with van der Waals surface area (Å²) in [7, 11) is 0. The number of benzene rings is 1. The lowest BCUT2D eigenvalue weighted by Crippen LogP contribution is -2.28. The zero-order valence-corrected chi connectivity index (χ0v) is 11.2. The Morgan fingerprint density at radius 2 is 1.94 bits per heavy atom. The molecule has 1 aliphatic heterocycles. The number of hydrogen-bond acceptors (Lipinski definition) is 2. The van der Waals surface area contributed by atoms with Gasteiger partial charge in [0.25, 0.3) is 0 Å². The predicted molar refractivity (Wildman–Crippen MR) is 71.8 cm³/mol. The first-order valence-corrected chi connectivity index (χ1v) is 6.64. The molecular formula is C15H21NO2. The van der Waals surface area contributed by atoms with Gasteiger partial charge < -0.3 is 9.64 Å². The van der Waals surface area contributed by atoms with Gasteiger partial charge in [0, 0.05) is 13.1 Å². The van der Waals surface area contributed by atoms with Crippen LogP contribution in [0.5, 0.6) is 5.75 Å². The molecule has 0 aliphatic carbocycles. The molecule has 0 N–H and O–H groups in total. The van der Waals surface area contributed by atoms with Gasteiger partial charge in [-0.1, -0.05) is 6.07 Å². The van der Waals surface area contributed by atoms with E-state index in [1.807, 2.05) is 23.1 Å². The third kappa shape index (κ3) is 3.25. The number of ether oxygens (including phenoxy) is 1. The SMILES string of the molecule is Cc1ccc(OCCC(=O)N2CCCC2)cc1C. The molecule has 3 nitrogen and oxygen atoms in total. The number of amides is 1. The summed E-state index contributed by atoms with van der Waals surface area (Å²) in [4.78, 5) is 13.7. The zero-order valence-electron chi connectivity index (χ0n) is 11.2. The van der Waals surface area contributed by atoms with Crippen molar-refractivity contribution in [3.05, 3.63) is 29.3 Å². The molecule has 0 aromatic heterocycles. The number of rotatable bonds is 4. The maximum absolute atomic E-state index is 11.8. The third-order valence-corrected chi connectivity index (χ3v) is 3.52. The van der Waals surface area contributed by atoms with Gasteiger partial charge in [0.2, 0.25) is 5.91 Å². The average molecular weight is 247 g/mol. The van der Waals surface area contributed by atoms with Crippen molar-refractivity contribution in [2.24, 2.45) is 0 Å². The molecule has 18 heavy (non-hydrogen) atoms. The summed E-state index contributed by atoms with van der Waals surface area (Å²) in [5.41, 5.74) is 2.48. The number of carbonyl (C=O) groups is 1. The monoisotopic (exact) mass is 247 g/mol. The Labute approximate surface area is 109 Å². The van der Waals surface area contributed by atoms with Crippen LogP contribution in [0.2, 0.25) is 0 Å². The molecule has 0 radical (unpaired) electrons. The topological polar surface area (TPSA) is 29.5 Å². The highest BCUT2D eigenvalue weighted by Gasteiger charge is 2.17. The molecule has 1 aromatic carbocycles. The fourth-order valence-corrected chi connectivity index (χ4v) is 2.18. The van der Waals surface area contributed by atoms with E-state index in [-0.39, 0.29) is 5.91 Å². The molecule has 0 spiro atoms. The first-order valence-electron chi connectivity index (χ1n) is 6.64. The Morgan fingerprint density at radius 1 is 1.22 bits per heavy atom. The van der Waals surface area contributed by atoms with E-state index in [4.69, 9.17) is 4.74 Å². The Balaban J connectivity index is 1.77. The summed E-state index contributed by atoms with van der Waals surface area (Å²) in [5.74, 6) is 1.07. The van der Waals surface area contributed by atoms with Crippen molar-refractivity contribution in [1.29, 1.82) is 0 Å². The number of aryl methyl sites for hydroxylation is 2. The van der Waals surface area contributed by atoms with Gasteiger partial charge >= 0.3 is 0 Å². The second kappa shape index (κ2) is 5.89. The highest BCUT2D eigenvalue weighted by molar-refractivity contribution is 5.76. The van der Waals surface area contributed by atoms with E-state index in [0.29, 0.717) is 13.0 Å². The molecule has 98 valence electrons. The smallest absolute Gasteiger partial charge is 0.225 e. The number of likely N-dealkylation sites (tertiary alicyclic amines) is 1. The standard InChI is InChI=1S/C15H21NO2/c1-12-5-6-14(11-13(12)2)18-10-7-15(17)16-8-3-4-9-16/h5-6,11H,3-4,7-10H2,1-2H3. The summed E-state index contributed by atoms with van der Waals surface area (Å²) in [6, 6.07) is 6.03. The van der Waals surface area contributed by atoms with Crippen molar-refractivity contribution in [3.63, 3.8) is 0 Å². The fourth-order valence-electron chi connectivity index (χ4n) is 2.18. The number of nitrogens with zero attached hydrogens (tertiary/aromatic N) is 1. The van der Waals surface area contributed by atoms with Gasteiger partial charge in [-0.25, -0.2) is 0 Å². The van der Waals surface area contributed by atoms with Gasteiger partial charge in [-0.15, -0.1) is 0 Å². The number of hydrogen-bond donors (Lipinski definition) is 0. The lowest BCUT2D eigenvalue weighted by molar-refractivity contribution is -0.130. The highest BCUT2D eigenvalue weighted by atomic mass is 16.5. The average Bonchev–Trinajstić information content (AvgIpc) is 2.87. The van der Waals surface area contributed by atoms with Gasteiger partial charge in [0.15, 0.2) is 0 Å². The molecule has 1 fully saturated rings. The van der Waals surface area contributed by atoms with Crippen LogP contribution in [-0.2, 0) is 4.79 Å². The highest BCUT2D eigenvalue weighted by Crippen LogP contribution is 2.17. The molecule has 0 unspecified atom stereocenters. The second-order valence-corrected chi connectivity index (χ2v) is 4.93. The predicted octanol–water partition coefficient (Wildman–Crippen LogP) is 2.69. The van der Waals surface area contributed by atoms with E-state index in [0.717, 1.165) is 31.7 Å². The van der Waals surface area contributed by atoms with Crippen LogP contribution in [0.15, 0.2) is 18.2 Å². The van der Waals surface area contributed by atoms with E-state index in [9.17, 15) is 4.79 Å². The van der Waals surface area contributed by atoms with Gasteiger partial charge in [-0.05, 0) is 49.9 Å². The molecular weight excluding hydrogens is 226 g/mol. The van der Waals surface area contributed by atoms with Crippen LogP contribution in [0.1, 0.15) is 30.4 Å². The largest absolute Gasteiger partial charge is 0.493 e. The summed E-state index contributed by atoms with van der Waals surface area (Å²) in [6.07, 6.45) is 2.76. The van der Waals surface area contributed by atoms with Crippen molar-refractivity contribution in [2.75, 3.05) is 19.7 Å². The molecule has 2 rings (SSSR count). The minimum absolute atomic E-state index is 0.219. The van der Waals surface area contributed by atoms with Crippen LogP contribution < -0.4 is 4.74 Å². The van der Waals surface area contributed by atoms with Gasteiger partial charge in [0.1, 0.15) is 5.75 Å². The first kappa shape index (κ1) is 12.9. The molecule has 1 aliphatic rings. The van der Waals surface area contributed by atoms with Crippen LogP contribution in [0.4, 0.5) is 0 Å². The summed E-state index contributed by atoms with van der Waals surface area (Å²) in [6.45, 7) is 6.45. The maximum atomic E-state index is 11.8. The first-order chi connectivity index (χ1) is 8.66. The Hall–Kier alpha value is -1.51. The summed E-state index contributed by atoms with van der Waals surface area (Å²) < 4.78 is 5.62. The molecule has 1 amide bonds. The number of carbonyl (C=O) groups excluding carboxylic acids is 1. The van der Waals surface area contributed by atoms with Crippen molar-refractivity contribution < 1.29 is 9.53 Å². The minimum atomic E-state index is 0.219. The van der Waals surface area contributed by atoms with Crippen LogP contribution in [0.25, 0.3) is 0 Å². The summed E-state index contributed by atoms with van der Waals surface area (Å²) in [5, 5.41) is 0. The lowest BCUT2D eigenvalue weighted by atomic mass is 10.1.